The van der Waals surface area contributed by atoms with Crippen LogP contribution in [0.2, 0.25) is 0 Å². The summed E-state index contributed by atoms with van der Waals surface area (Å²) in [6.07, 6.45) is 0. The van der Waals surface area contributed by atoms with E-state index in [1.165, 1.54) is 0 Å². The third kappa shape index (κ3) is 226. The van der Waals surface area contributed by atoms with Gasteiger partial charge in [0.2, 0.25) is 0 Å². The van der Waals surface area contributed by atoms with Crippen LogP contribution >= 0.6 is 0 Å². The fourth-order valence-corrected chi connectivity index (χ4v) is 0. The van der Waals surface area contributed by atoms with Gasteiger partial charge in [-0.25, -0.2) is 0 Å². The van der Waals surface area contributed by atoms with E-state index in [-0.39, 0.29) is 26.2 Å². The molecule has 0 heterocycles. The van der Waals surface area contributed by atoms with Gasteiger partial charge in [0.1, 0.15) is 0 Å². The molecule has 0 aliphatic carbocycles. The zero-order chi connectivity index (χ0) is 5.58. The van der Waals surface area contributed by atoms with E-state index in [1.54, 1.807) is 0 Å². The zero-order valence-corrected chi connectivity index (χ0v) is 8.41. The van der Waals surface area contributed by atoms with E-state index in [0.717, 1.165) is 0 Å². The predicted octanol–water partition coefficient (Wildman–Crippen LogP) is 1.20. The average Bonchev–Trinajstić information content (AvgIpc) is 1.41. The second-order valence-corrected chi connectivity index (χ2v) is 1.34. The van der Waals surface area contributed by atoms with Crippen LogP contribution in [0.15, 0.2) is 0 Å². The first-order valence-electron chi connectivity index (χ1n) is 2.34. The van der Waals surface area contributed by atoms with Crippen molar-refractivity contribution in [2.45, 2.75) is 13.8 Å². The average molecular weight is 180 g/mol. The summed E-state index contributed by atoms with van der Waals surface area (Å²) in [5.41, 5.74) is 0. The Kier molecular flexibility index (Phi) is 35.4. The van der Waals surface area contributed by atoms with Crippen molar-refractivity contribution in [2.75, 3.05) is 21.1 Å². The normalized spacial score (nSPS) is 6.00. The zero-order valence-electron chi connectivity index (χ0n) is 5.95. The maximum atomic E-state index is 2.00. The minimum Gasteiger partial charge on any atom is -0.312 e. The number of rotatable bonds is 0. The maximum Gasteiger partial charge on any atom is 0 e. The minimum atomic E-state index is 0. The van der Waals surface area contributed by atoms with Gasteiger partial charge < -0.3 is 4.90 Å². The van der Waals surface area contributed by atoms with E-state index in [1.807, 2.05) is 39.9 Å². The first-order chi connectivity index (χ1) is 2.73. The number of nitrogens with zero attached hydrogens (tertiary/aromatic N) is 1. The molecule has 0 aromatic carbocycles. The first kappa shape index (κ1) is 15.7. The molecule has 44 valence electrons. The van der Waals surface area contributed by atoms with Crippen LogP contribution in [-0.4, -0.2) is 26.0 Å². The van der Waals surface area contributed by atoms with Crippen molar-refractivity contribution in [2.24, 2.45) is 0 Å². The molecule has 0 radical (unpaired) electrons. The fraction of sp³-hybridized carbons (Fsp3) is 1.00. The van der Waals surface area contributed by atoms with Crippen molar-refractivity contribution in [3.8, 4) is 0 Å². The topological polar surface area (TPSA) is 3.24 Å². The molecule has 0 aromatic rings. The van der Waals surface area contributed by atoms with Gasteiger partial charge in [0, 0.05) is 26.2 Å². The molecule has 7 heavy (non-hydrogen) atoms. The molecule has 0 atom stereocenters. The Labute approximate surface area is 66.2 Å². The number of hydrogen-bond acceptors (Lipinski definition) is 1. The summed E-state index contributed by atoms with van der Waals surface area (Å²) in [5, 5.41) is 0. The second-order valence-electron chi connectivity index (χ2n) is 1.34. The molecule has 0 aliphatic rings. The van der Waals surface area contributed by atoms with Crippen molar-refractivity contribution in [1.29, 1.82) is 0 Å². The SMILES string of the molecule is CC.CN(C)C.[Zr]. The largest absolute Gasteiger partial charge is 0.312 e. The summed E-state index contributed by atoms with van der Waals surface area (Å²) >= 11 is 0. The van der Waals surface area contributed by atoms with Gasteiger partial charge in [0.15, 0.2) is 0 Å². The molecule has 0 N–H and O–H groups in total. The van der Waals surface area contributed by atoms with Crippen molar-refractivity contribution in [3.63, 3.8) is 0 Å². The molecule has 0 fully saturated rings. The van der Waals surface area contributed by atoms with Crippen molar-refractivity contribution >= 4 is 0 Å². The molecular weight excluding hydrogens is 165 g/mol. The summed E-state index contributed by atoms with van der Waals surface area (Å²) in [6, 6.07) is 0. The monoisotopic (exact) mass is 179 g/mol. The van der Waals surface area contributed by atoms with E-state index in [4.69, 9.17) is 0 Å². The van der Waals surface area contributed by atoms with Gasteiger partial charge in [-0.2, -0.15) is 0 Å². The summed E-state index contributed by atoms with van der Waals surface area (Å²) < 4.78 is 0. The van der Waals surface area contributed by atoms with Gasteiger partial charge >= 0.3 is 0 Å². The fourth-order valence-electron chi connectivity index (χ4n) is 0. The summed E-state index contributed by atoms with van der Waals surface area (Å²) in [4.78, 5) is 2.00. The molecule has 0 spiro atoms. The second kappa shape index (κ2) is 15.8. The van der Waals surface area contributed by atoms with Gasteiger partial charge in [-0.05, 0) is 21.1 Å². The van der Waals surface area contributed by atoms with Crippen molar-refractivity contribution in [1.82, 2.24) is 4.90 Å². The summed E-state index contributed by atoms with van der Waals surface area (Å²) in [5.74, 6) is 0. The Morgan fingerprint density at radius 1 is 0.857 bits per heavy atom. The van der Waals surface area contributed by atoms with Crippen molar-refractivity contribution < 1.29 is 26.2 Å². The quantitative estimate of drug-likeness (QED) is 0.541. The van der Waals surface area contributed by atoms with Crippen molar-refractivity contribution in [3.05, 3.63) is 0 Å². The molecule has 2 heteroatoms. The molecule has 0 rings (SSSR count). The van der Waals surface area contributed by atoms with E-state index in [0.29, 0.717) is 0 Å². The molecule has 0 unspecified atom stereocenters. The van der Waals surface area contributed by atoms with Gasteiger partial charge in [-0.15, -0.1) is 0 Å². The first-order valence-corrected chi connectivity index (χ1v) is 2.34. The maximum absolute atomic E-state index is 2.00. The smallest absolute Gasteiger partial charge is 0 e. The summed E-state index contributed by atoms with van der Waals surface area (Å²) in [7, 11) is 6.00. The molecule has 0 aliphatic heterocycles. The molecule has 0 bridgehead atoms. The van der Waals surface area contributed by atoms with Gasteiger partial charge in [-0.1, -0.05) is 13.8 Å². The summed E-state index contributed by atoms with van der Waals surface area (Å²) in [6.45, 7) is 4.00. The van der Waals surface area contributed by atoms with Crippen LogP contribution in [0.1, 0.15) is 13.8 Å². The Hall–Kier alpha value is 0.843. The Bertz CT molecular complexity index is 12.8. The molecule has 0 saturated carbocycles. The molecule has 0 amide bonds. The minimum absolute atomic E-state index is 0. The Balaban J connectivity index is -0.0000000480. The van der Waals surface area contributed by atoms with E-state index < -0.39 is 0 Å². The van der Waals surface area contributed by atoms with Crippen LogP contribution in [0.25, 0.3) is 0 Å². The van der Waals surface area contributed by atoms with Crippen LogP contribution < -0.4 is 0 Å². The van der Waals surface area contributed by atoms with E-state index in [9.17, 15) is 0 Å². The standard InChI is InChI=1S/C3H9N.C2H6.Zr/c1-4(2)3;1-2;/h1-3H3;1-2H3;. The van der Waals surface area contributed by atoms with Crippen LogP contribution in [0.4, 0.5) is 0 Å². The van der Waals surface area contributed by atoms with Crippen LogP contribution in [0.5, 0.6) is 0 Å². The molecule has 0 aromatic heterocycles. The van der Waals surface area contributed by atoms with Crippen LogP contribution in [0, 0.1) is 0 Å². The van der Waals surface area contributed by atoms with Crippen LogP contribution in [0.3, 0.4) is 0 Å². The predicted molar refractivity (Wildman–Crippen MR) is 31.0 cm³/mol. The van der Waals surface area contributed by atoms with Gasteiger partial charge in [-0.3, -0.25) is 0 Å². The molecule has 1 nitrogen and oxygen atoms in total. The Morgan fingerprint density at radius 2 is 0.857 bits per heavy atom. The van der Waals surface area contributed by atoms with Gasteiger partial charge in [0.25, 0.3) is 0 Å². The van der Waals surface area contributed by atoms with Gasteiger partial charge in [0.05, 0.1) is 0 Å². The third-order valence-electron chi connectivity index (χ3n) is 0. The van der Waals surface area contributed by atoms with E-state index >= 15 is 0 Å². The molecule has 0 saturated heterocycles. The van der Waals surface area contributed by atoms with E-state index in [2.05, 4.69) is 0 Å². The number of hydrogen-bond donors (Lipinski definition) is 0. The Morgan fingerprint density at radius 3 is 0.857 bits per heavy atom. The molecular formula is C5H15NZr. The third-order valence-corrected chi connectivity index (χ3v) is 0. The van der Waals surface area contributed by atoms with Crippen LogP contribution in [-0.2, 0) is 26.2 Å².